The van der Waals surface area contributed by atoms with E-state index in [1.54, 1.807) is 10.4 Å². The van der Waals surface area contributed by atoms with Crippen molar-refractivity contribution in [2.75, 3.05) is 45.6 Å². The van der Waals surface area contributed by atoms with Gasteiger partial charge in [0.1, 0.15) is 6.26 Å². The highest BCUT2D eigenvalue weighted by Gasteiger charge is 2.33. The Balaban J connectivity index is 1.62. The maximum Gasteiger partial charge on any atom is 0.254 e. The molecule has 2 fully saturated rings. The highest BCUT2D eigenvalue weighted by Crippen LogP contribution is 2.24. The number of hydrogen-bond acceptors (Lipinski definition) is 6. The molecule has 8 nitrogen and oxygen atoms in total. The van der Waals surface area contributed by atoms with Crippen LogP contribution in [0.2, 0.25) is 0 Å². The molecule has 0 saturated carbocycles. The van der Waals surface area contributed by atoms with Crippen LogP contribution in [-0.2, 0) is 14.8 Å². The van der Waals surface area contributed by atoms with Gasteiger partial charge in [-0.1, -0.05) is 0 Å². The third-order valence-corrected chi connectivity index (χ3v) is 6.67. The molecule has 2 aliphatic heterocycles. The number of nitrogens with zero attached hydrogens (tertiary/aromatic N) is 2. The van der Waals surface area contributed by atoms with Crippen LogP contribution in [0, 0.1) is 0 Å². The van der Waals surface area contributed by atoms with E-state index in [0.29, 0.717) is 37.8 Å². The van der Waals surface area contributed by atoms with Crippen molar-refractivity contribution in [2.24, 2.45) is 0 Å². The molecule has 1 N–H and O–H groups in total. The highest BCUT2D eigenvalue weighted by atomic mass is 32.2. The fourth-order valence-electron chi connectivity index (χ4n) is 3.97. The third kappa shape index (κ3) is 5.54. The maximum atomic E-state index is 12.1. The molecule has 9 heteroatoms. The molecule has 2 saturated heterocycles. The fraction of sp³-hybridized carbons (Fsp3) is 0.722. The molecule has 1 aromatic heterocycles. The molecule has 0 radical (unpaired) electrons. The number of ether oxygens (including phenoxy) is 1. The molecule has 0 aliphatic carbocycles. The Kier molecular flexibility index (Phi) is 6.91. The maximum absolute atomic E-state index is 12.1. The van der Waals surface area contributed by atoms with Crippen LogP contribution in [0.4, 0.5) is 0 Å². The quantitative estimate of drug-likeness (QED) is 0.733. The monoisotopic (exact) mass is 399 g/mol. The Bertz CT molecular complexity index is 701. The molecule has 1 amide bonds. The molecule has 0 bridgehead atoms. The van der Waals surface area contributed by atoms with Gasteiger partial charge >= 0.3 is 0 Å². The van der Waals surface area contributed by atoms with Crippen molar-refractivity contribution in [3.8, 4) is 0 Å². The number of carbonyl (C=O) groups excluding carboxylic acids is 1. The van der Waals surface area contributed by atoms with Gasteiger partial charge in [0.25, 0.3) is 5.91 Å². The van der Waals surface area contributed by atoms with Gasteiger partial charge in [0, 0.05) is 51.5 Å². The van der Waals surface area contributed by atoms with Crippen LogP contribution in [0.5, 0.6) is 0 Å². The topological polar surface area (TPSA) is 92.1 Å². The van der Waals surface area contributed by atoms with Crippen molar-refractivity contribution in [1.82, 2.24) is 14.5 Å². The lowest BCUT2D eigenvalue weighted by Gasteiger charge is -2.43. The Morgan fingerprint density at radius 3 is 2.74 bits per heavy atom. The van der Waals surface area contributed by atoms with Gasteiger partial charge < -0.3 is 14.5 Å². The Hall–Kier alpha value is -1.42. The normalized spacial score (nSPS) is 22.8. The van der Waals surface area contributed by atoms with Crippen LogP contribution in [0.1, 0.15) is 36.0 Å². The predicted octanol–water partition coefficient (Wildman–Crippen LogP) is 0.914. The first-order chi connectivity index (χ1) is 12.9. The summed E-state index contributed by atoms with van der Waals surface area (Å²) in [5.41, 5.74) is 0.508. The van der Waals surface area contributed by atoms with Gasteiger partial charge in [-0.15, -0.1) is 0 Å². The summed E-state index contributed by atoms with van der Waals surface area (Å²) in [6.45, 7) is 3.77. The minimum Gasteiger partial charge on any atom is -0.472 e. The Morgan fingerprint density at radius 1 is 1.30 bits per heavy atom. The number of hydrogen-bond donors (Lipinski definition) is 1. The predicted molar refractivity (Wildman–Crippen MR) is 101 cm³/mol. The van der Waals surface area contributed by atoms with Crippen molar-refractivity contribution in [3.05, 3.63) is 24.2 Å². The summed E-state index contributed by atoms with van der Waals surface area (Å²) in [5.74, 6) is -0.155. The van der Waals surface area contributed by atoms with E-state index in [9.17, 15) is 13.2 Å². The summed E-state index contributed by atoms with van der Waals surface area (Å²) >= 11 is 0. The molecule has 0 aromatic carbocycles. The molecule has 27 heavy (non-hydrogen) atoms. The number of sulfonamides is 1. The van der Waals surface area contributed by atoms with Crippen LogP contribution in [0.25, 0.3) is 0 Å². The van der Waals surface area contributed by atoms with E-state index in [2.05, 4.69) is 10.2 Å². The van der Waals surface area contributed by atoms with Crippen molar-refractivity contribution in [1.29, 1.82) is 0 Å². The second kappa shape index (κ2) is 9.18. The zero-order valence-electron chi connectivity index (χ0n) is 15.8. The number of amides is 1. The van der Waals surface area contributed by atoms with E-state index in [1.807, 2.05) is 0 Å². The van der Waals surface area contributed by atoms with Crippen molar-refractivity contribution in [2.45, 2.75) is 37.8 Å². The number of carbonyl (C=O) groups is 1. The standard InChI is InChI=1S/C18H29N3O5S/c1-27(23,24)20-8-2-3-17(13-20)21(16-5-11-25-12-6-16)9-7-19-18(22)15-4-10-26-14-15/h4,10,14,16-17H,2-3,5-9,11-13H2,1H3,(H,19,22). The summed E-state index contributed by atoms with van der Waals surface area (Å²) in [7, 11) is -3.18. The lowest BCUT2D eigenvalue weighted by Crippen LogP contribution is -2.55. The van der Waals surface area contributed by atoms with E-state index in [4.69, 9.17) is 9.15 Å². The van der Waals surface area contributed by atoms with Crippen LogP contribution < -0.4 is 5.32 Å². The summed E-state index contributed by atoms with van der Waals surface area (Å²) in [4.78, 5) is 14.5. The van der Waals surface area contributed by atoms with Gasteiger partial charge in [0.15, 0.2) is 0 Å². The van der Waals surface area contributed by atoms with Gasteiger partial charge in [0.05, 0.1) is 18.1 Å². The first-order valence-electron chi connectivity index (χ1n) is 9.54. The van der Waals surface area contributed by atoms with Crippen LogP contribution in [0.15, 0.2) is 23.0 Å². The van der Waals surface area contributed by atoms with E-state index >= 15 is 0 Å². The second-order valence-electron chi connectivity index (χ2n) is 7.27. The lowest BCUT2D eigenvalue weighted by atomic mass is 9.99. The number of rotatable bonds is 7. The molecule has 1 aromatic rings. The van der Waals surface area contributed by atoms with Gasteiger partial charge in [-0.25, -0.2) is 12.7 Å². The number of nitrogens with one attached hydrogen (secondary N) is 1. The minimum absolute atomic E-state index is 0.155. The largest absolute Gasteiger partial charge is 0.472 e. The third-order valence-electron chi connectivity index (χ3n) is 5.40. The van der Waals surface area contributed by atoms with Gasteiger partial charge in [-0.05, 0) is 31.7 Å². The summed E-state index contributed by atoms with van der Waals surface area (Å²) in [6, 6.07) is 2.16. The van der Waals surface area contributed by atoms with E-state index in [1.165, 1.54) is 18.8 Å². The molecule has 3 heterocycles. The first-order valence-corrected chi connectivity index (χ1v) is 11.4. The smallest absolute Gasteiger partial charge is 0.254 e. The zero-order chi connectivity index (χ0) is 19.3. The fourth-order valence-corrected chi connectivity index (χ4v) is 4.87. The molecular weight excluding hydrogens is 370 g/mol. The second-order valence-corrected chi connectivity index (χ2v) is 9.25. The van der Waals surface area contributed by atoms with Gasteiger partial charge in [-0.2, -0.15) is 0 Å². The van der Waals surface area contributed by atoms with Crippen molar-refractivity contribution in [3.63, 3.8) is 0 Å². The zero-order valence-corrected chi connectivity index (χ0v) is 16.6. The molecule has 1 unspecified atom stereocenters. The van der Waals surface area contributed by atoms with Crippen LogP contribution in [0.3, 0.4) is 0 Å². The van der Waals surface area contributed by atoms with E-state index in [-0.39, 0.29) is 11.9 Å². The summed E-state index contributed by atoms with van der Waals surface area (Å²) < 4.78 is 36.0. The minimum atomic E-state index is -3.18. The summed E-state index contributed by atoms with van der Waals surface area (Å²) in [6.07, 6.45) is 7.88. The van der Waals surface area contributed by atoms with E-state index < -0.39 is 10.0 Å². The average Bonchev–Trinajstić information content (AvgIpc) is 3.20. The average molecular weight is 400 g/mol. The van der Waals surface area contributed by atoms with Crippen LogP contribution >= 0.6 is 0 Å². The molecule has 1 atom stereocenters. The molecule has 2 aliphatic rings. The Morgan fingerprint density at radius 2 is 2.07 bits per heavy atom. The summed E-state index contributed by atoms with van der Waals surface area (Å²) in [5, 5.41) is 2.93. The SMILES string of the molecule is CS(=O)(=O)N1CCCC(N(CCNC(=O)c2ccoc2)C2CCOCC2)C1. The van der Waals surface area contributed by atoms with E-state index in [0.717, 1.165) is 38.9 Å². The molecule has 0 spiro atoms. The molecule has 152 valence electrons. The number of piperidine rings is 1. The highest BCUT2D eigenvalue weighted by molar-refractivity contribution is 7.88. The van der Waals surface area contributed by atoms with Gasteiger partial charge in [-0.3, -0.25) is 9.69 Å². The molecule has 3 rings (SSSR count). The van der Waals surface area contributed by atoms with Crippen LogP contribution in [-0.4, -0.2) is 81.3 Å². The van der Waals surface area contributed by atoms with Crippen molar-refractivity contribution < 1.29 is 22.4 Å². The lowest BCUT2D eigenvalue weighted by molar-refractivity contribution is 0.00673. The van der Waals surface area contributed by atoms with Crippen molar-refractivity contribution >= 4 is 15.9 Å². The van der Waals surface area contributed by atoms with Gasteiger partial charge in [0.2, 0.25) is 10.0 Å². The Labute approximate surface area is 160 Å². The molecular formula is C18H29N3O5S. The number of furan rings is 1. The first kappa shape index (κ1) is 20.3.